The van der Waals surface area contributed by atoms with Gasteiger partial charge in [0.25, 0.3) is 0 Å². The molecule has 10 heteroatoms. The second-order valence-electron chi connectivity index (χ2n) is 6.09. The summed E-state index contributed by atoms with van der Waals surface area (Å²) in [6, 6.07) is 5.35. The molecule has 0 aliphatic carbocycles. The van der Waals surface area contributed by atoms with E-state index >= 15 is 0 Å². The molecule has 2 aromatic rings. The summed E-state index contributed by atoms with van der Waals surface area (Å²) in [5.74, 6) is 0.503. The molecular weight excluding hydrogens is 364 g/mol. The second-order valence-corrected chi connectivity index (χ2v) is 8.81. The number of nitrogens with one attached hydrogen (secondary N) is 2. The maximum atomic E-state index is 11.4. The van der Waals surface area contributed by atoms with E-state index in [4.69, 9.17) is 9.47 Å². The van der Waals surface area contributed by atoms with Crippen LogP contribution in [-0.2, 0) is 19.5 Å². The molecule has 2 aromatic heterocycles. The predicted octanol–water partition coefficient (Wildman–Crippen LogP) is 0.701. The highest BCUT2D eigenvalue weighted by Gasteiger charge is 2.48. The molecule has 0 aromatic carbocycles. The van der Waals surface area contributed by atoms with Crippen LogP contribution in [-0.4, -0.2) is 62.1 Å². The van der Waals surface area contributed by atoms with E-state index < -0.39 is 10.0 Å². The average Bonchev–Trinajstić information content (AvgIpc) is 3.27. The highest BCUT2D eigenvalue weighted by molar-refractivity contribution is 7.88. The lowest BCUT2D eigenvalue weighted by Gasteiger charge is -2.18. The van der Waals surface area contributed by atoms with Gasteiger partial charge >= 0.3 is 0 Å². The van der Waals surface area contributed by atoms with Crippen molar-refractivity contribution in [2.24, 2.45) is 0 Å². The smallest absolute Gasteiger partial charge is 0.223 e. The van der Waals surface area contributed by atoms with Gasteiger partial charge in [0.15, 0.2) is 0 Å². The summed E-state index contributed by atoms with van der Waals surface area (Å²) in [6.07, 6.45) is 2.29. The number of ether oxygens (including phenoxy) is 2. The zero-order valence-electron chi connectivity index (χ0n) is 13.5. The number of hydrogen-bond acceptors (Lipinski definition) is 8. The summed E-state index contributed by atoms with van der Waals surface area (Å²) in [4.78, 5) is 9.87. The normalized spacial score (nSPS) is 28.8. The molecule has 0 spiro atoms. The molecule has 0 unspecified atom stereocenters. The van der Waals surface area contributed by atoms with Crippen LogP contribution in [0.2, 0.25) is 0 Å². The van der Waals surface area contributed by atoms with Gasteiger partial charge < -0.3 is 14.8 Å². The summed E-state index contributed by atoms with van der Waals surface area (Å²) in [5, 5.41) is 5.25. The van der Waals surface area contributed by atoms with E-state index in [9.17, 15) is 8.42 Å². The van der Waals surface area contributed by atoms with Crippen molar-refractivity contribution in [1.29, 1.82) is 0 Å². The average molecular weight is 382 g/mol. The van der Waals surface area contributed by atoms with Gasteiger partial charge in [-0.1, -0.05) is 6.07 Å². The molecule has 0 amide bonds. The number of hydrogen-bond donors (Lipinski definition) is 2. The van der Waals surface area contributed by atoms with Crippen LogP contribution in [0.4, 0.5) is 5.95 Å². The van der Waals surface area contributed by atoms with Gasteiger partial charge in [0.1, 0.15) is 12.2 Å². The molecule has 4 rings (SSSR count). The summed E-state index contributed by atoms with van der Waals surface area (Å²) >= 11 is 1.62. The van der Waals surface area contributed by atoms with Gasteiger partial charge in [-0.2, -0.15) is 0 Å². The number of nitrogens with zero attached hydrogens (tertiary/aromatic N) is 2. The Labute approximate surface area is 149 Å². The number of anilines is 1. The van der Waals surface area contributed by atoms with Gasteiger partial charge in [0, 0.05) is 6.20 Å². The van der Waals surface area contributed by atoms with Gasteiger partial charge in [-0.3, -0.25) is 0 Å². The third-order valence-electron chi connectivity index (χ3n) is 4.16. The van der Waals surface area contributed by atoms with Gasteiger partial charge in [-0.05, 0) is 17.5 Å². The van der Waals surface area contributed by atoms with Crippen LogP contribution in [0.15, 0.2) is 29.8 Å². The SMILES string of the molecule is CS(=O)(=O)N[C@H]1CO[C@H]2[C@@H]1OC[C@@H]2Nc1nccc(-c2cccs2)n1. The zero-order chi connectivity index (χ0) is 17.4. The van der Waals surface area contributed by atoms with Gasteiger partial charge in [0.05, 0.1) is 42.1 Å². The van der Waals surface area contributed by atoms with Gasteiger partial charge in [0.2, 0.25) is 16.0 Å². The van der Waals surface area contributed by atoms with Gasteiger partial charge in [-0.15, -0.1) is 11.3 Å². The van der Waals surface area contributed by atoms with Crippen LogP contribution < -0.4 is 10.0 Å². The Morgan fingerprint density at radius 3 is 2.68 bits per heavy atom. The van der Waals surface area contributed by atoms with E-state index in [1.165, 1.54) is 0 Å². The summed E-state index contributed by atoms with van der Waals surface area (Å²) in [6.45, 7) is 0.695. The third kappa shape index (κ3) is 3.67. The summed E-state index contributed by atoms with van der Waals surface area (Å²) in [7, 11) is -3.31. The van der Waals surface area contributed by atoms with E-state index in [2.05, 4.69) is 20.0 Å². The van der Waals surface area contributed by atoms with Crippen LogP contribution in [0.3, 0.4) is 0 Å². The Balaban J connectivity index is 1.45. The van der Waals surface area contributed by atoms with Crippen molar-refractivity contribution in [2.45, 2.75) is 24.3 Å². The Kier molecular flexibility index (Phi) is 4.46. The minimum Gasteiger partial charge on any atom is -0.371 e. The first kappa shape index (κ1) is 16.9. The summed E-state index contributed by atoms with van der Waals surface area (Å²) < 4.78 is 37.0. The van der Waals surface area contributed by atoms with Crippen molar-refractivity contribution >= 4 is 27.3 Å². The van der Waals surface area contributed by atoms with E-state index in [0.29, 0.717) is 12.6 Å². The molecule has 2 aliphatic heterocycles. The monoisotopic (exact) mass is 382 g/mol. The number of fused-ring (bicyclic) bond motifs is 1. The standard InChI is InChI=1S/C15H18N4O4S2/c1-25(20,21)19-11-8-23-13-10(7-22-14(11)13)18-15-16-5-4-9(17-15)12-3-2-6-24-12/h2-6,10-11,13-14,19H,7-8H2,1H3,(H,16,17,18)/t10-,11-,13+,14+/m0/s1. The van der Waals surface area contributed by atoms with Crippen LogP contribution in [0.25, 0.3) is 10.6 Å². The lowest BCUT2D eigenvalue weighted by Crippen LogP contribution is -2.44. The van der Waals surface area contributed by atoms with E-state index in [1.54, 1.807) is 17.5 Å². The van der Waals surface area contributed by atoms with E-state index in [1.807, 2.05) is 23.6 Å². The Morgan fingerprint density at radius 2 is 1.96 bits per heavy atom. The fraction of sp³-hybridized carbons (Fsp3) is 0.467. The Bertz CT molecular complexity index is 843. The molecule has 4 heterocycles. The maximum absolute atomic E-state index is 11.4. The number of aromatic nitrogens is 2. The van der Waals surface area contributed by atoms with Crippen molar-refractivity contribution in [1.82, 2.24) is 14.7 Å². The van der Waals surface area contributed by atoms with Crippen LogP contribution in [0.5, 0.6) is 0 Å². The fourth-order valence-corrected chi connectivity index (χ4v) is 4.60. The van der Waals surface area contributed by atoms with Crippen molar-refractivity contribution < 1.29 is 17.9 Å². The minimum absolute atomic E-state index is 0.130. The molecule has 0 bridgehead atoms. The first-order valence-corrected chi connectivity index (χ1v) is 10.6. The highest BCUT2D eigenvalue weighted by atomic mass is 32.2. The molecule has 8 nitrogen and oxygen atoms in total. The van der Waals surface area contributed by atoms with E-state index in [-0.39, 0.29) is 30.9 Å². The highest BCUT2D eigenvalue weighted by Crippen LogP contribution is 2.29. The maximum Gasteiger partial charge on any atom is 0.223 e. The predicted molar refractivity (Wildman–Crippen MR) is 94.0 cm³/mol. The zero-order valence-corrected chi connectivity index (χ0v) is 15.1. The first-order valence-electron chi connectivity index (χ1n) is 7.83. The third-order valence-corrected chi connectivity index (χ3v) is 5.79. The molecule has 2 saturated heterocycles. The van der Waals surface area contributed by atoms with Crippen molar-refractivity contribution in [2.75, 3.05) is 24.8 Å². The summed E-state index contributed by atoms with van der Waals surface area (Å²) in [5.41, 5.74) is 0.854. The van der Waals surface area contributed by atoms with Gasteiger partial charge in [-0.25, -0.2) is 23.1 Å². The van der Waals surface area contributed by atoms with Crippen molar-refractivity contribution in [3.8, 4) is 10.6 Å². The quantitative estimate of drug-likeness (QED) is 0.785. The van der Waals surface area contributed by atoms with Crippen LogP contribution in [0.1, 0.15) is 0 Å². The first-order chi connectivity index (χ1) is 12.0. The lowest BCUT2D eigenvalue weighted by atomic mass is 10.1. The molecule has 0 saturated carbocycles. The fourth-order valence-electron chi connectivity index (χ4n) is 3.15. The Hall–Kier alpha value is -1.59. The molecule has 2 aliphatic rings. The largest absolute Gasteiger partial charge is 0.371 e. The van der Waals surface area contributed by atoms with Crippen molar-refractivity contribution in [3.63, 3.8) is 0 Å². The van der Waals surface area contributed by atoms with Crippen LogP contribution >= 0.6 is 11.3 Å². The molecule has 0 radical (unpaired) electrons. The Morgan fingerprint density at radius 1 is 1.20 bits per heavy atom. The lowest BCUT2D eigenvalue weighted by molar-refractivity contribution is 0.0690. The number of thiophene rings is 1. The number of rotatable bonds is 5. The topological polar surface area (TPSA) is 102 Å². The molecule has 2 fully saturated rings. The van der Waals surface area contributed by atoms with Crippen LogP contribution in [0, 0.1) is 0 Å². The molecule has 2 N–H and O–H groups in total. The second kappa shape index (κ2) is 6.61. The minimum atomic E-state index is -3.31. The molecule has 4 atom stereocenters. The molecule has 25 heavy (non-hydrogen) atoms. The van der Waals surface area contributed by atoms with Crippen molar-refractivity contribution in [3.05, 3.63) is 29.8 Å². The molecular formula is C15H18N4O4S2. The molecule has 134 valence electrons. The number of sulfonamides is 1. The van der Waals surface area contributed by atoms with E-state index in [0.717, 1.165) is 16.8 Å².